The summed E-state index contributed by atoms with van der Waals surface area (Å²) < 4.78 is 0. The summed E-state index contributed by atoms with van der Waals surface area (Å²) in [4.78, 5) is 16.5. The third kappa shape index (κ3) is 2.60. The van der Waals surface area contributed by atoms with Crippen LogP contribution in [-0.2, 0) is 6.54 Å². The van der Waals surface area contributed by atoms with Crippen LogP contribution < -0.4 is 11.1 Å². The molecule has 3 aromatic rings. The maximum absolute atomic E-state index is 12.4. The number of nitrogens with zero attached hydrogens (tertiary/aromatic N) is 1. The number of rotatable bonds is 3. The highest BCUT2D eigenvalue weighted by atomic mass is 32.1. The number of carbonyl (C=O) groups is 1. The fraction of sp³-hybridized carbons (Fsp3) is 0.125. The summed E-state index contributed by atoms with van der Waals surface area (Å²) in [6, 6.07) is 7.54. The molecule has 1 amide bonds. The summed E-state index contributed by atoms with van der Waals surface area (Å²) in [5.41, 5.74) is 8.74. The van der Waals surface area contributed by atoms with Crippen LogP contribution in [-0.4, -0.2) is 10.9 Å². The van der Waals surface area contributed by atoms with E-state index in [9.17, 15) is 4.79 Å². The lowest BCUT2D eigenvalue weighted by molar-refractivity contribution is 0.0952. The molecule has 5 heteroatoms. The molecule has 106 valence electrons. The molecule has 0 aliphatic heterocycles. The Morgan fingerprint density at radius 3 is 2.76 bits per heavy atom. The Morgan fingerprint density at radius 1 is 1.29 bits per heavy atom. The number of anilines is 1. The Morgan fingerprint density at radius 2 is 2.05 bits per heavy atom. The molecule has 3 N–H and O–H groups in total. The Hall–Kier alpha value is -2.40. The first kappa shape index (κ1) is 13.6. The fourth-order valence-corrected chi connectivity index (χ4v) is 3.09. The van der Waals surface area contributed by atoms with Gasteiger partial charge in [0.25, 0.3) is 5.91 Å². The van der Waals surface area contributed by atoms with E-state index < -0.39 is 0 Å². The van der Waals surface area contributed by atoms with Gasteiger partial charge in [-0.15, -0.1) is 0 Å². The van der Waals surface area contributed by atoms with Gasteiger partial charge < -0.3 is 11.1 Å². The molecule has 0 unspecified atom stereocenters. The van der Waals surface area contributed by atoms with Crippen molar-refractivity contribution in [3.8, 4) is 0 Å². The molecule has 0 radical (unpaired) electrons. The third-order valence-electron chi connectivity index (χ3n) is 3.47. The van der Waals surface area contributed by atoms with E-state index in [2.05, 4.69) is 21.1 Å². The van der Waals surface area contributed by atoms with Crippen molar-refractivity contribution in [3.63, 3.8) is 0 Å². The topological polar surface area (TPSA) is 68.0 Å². The molecule has 0 fully saturated rings. The average molecular weight is 297 g/mol. The van der Waals surface area contributed by atoms with E-state index in [1.165, 1.54) is 11.8 Å². The second-order valence-corrected chi connectivity index (χ2v) is 5.61. The molecule has 3 rings (SSSR count). The lowest BCUT2D eigenvalue weighted by Gasteiger charge is -2.09. The van der Waals surface area contributed by atoms with E-state index in [1.54, 1.807) is 11.3 Å². The second-order valence-electron chi connectivity index (χ2n) is 4.87. The summed E-state index contributed by atoms with van der Waals surface area (Å²) in [6.07, 6.45) is 1.54. The molecule has 0 aliphatic rings. The minimum absolute atomic E-state index is 0.135. The Balaban J connectivity index is 1.88. The standard InChI is InChI=1S/C16H15N3OS/c1-10-8-21-9-11(10)6-19-16(20)14-7-18-15(17)13-5-3-2-4-12(13)14/h2-5,7-9H,6H2,1H3,(H2,17,18)(H,19,20). The summed E-state index contributed by atoms with van der Waals surface area (Å²) >= 11 is 1.64. The first-order valence-corrected chi connectivity index (χ1v) is 7.54. The number of aryl methyl sites for hydroxylation is 1. The van der Waals surface area contributed by atoms with E-state index in [1.807, 2.05) is 31.2 Å². The second kappa shape index (κ2) is 5.54. The molecule has 0 aliphatic carbocycles. The largest absolute Gasteiger partial charge is 0.383 e. The van der Waals surface area contributed by atoms with Gasteiger partial charge in [-0.1, -0.05) is 24.3 Å². The zero-order valence-corrected chi connectivity index (χ0v) is 12.4. The zero-order chi connectivity index (χ0) is 14.8. The van der Waals surface area contributed by atoms with E-state index >= 15 is 0 Å². The van der Waals surface area contributed by atoms with Gasteiger partial charge in [0.2, 0.25) is 0 Å². The lowest BCUT2D eigenvalue weighted by atomic mass is 10.1. The SMILES string of the molecule is Cc1cscc1CNC(=O)c1cnc(N)c2ccccc12. The van der Waals surface area contributed by atoms with Crippen LogP contribution in [0.3, 0.4) is 0 Å². The number of benzene rings is 1. The predicted octanol–water partition coefficient (Wildman–Crippen LogP) is 3.12. The van der Waals surface area contributed by atoms with Gasteiger partial charge in [0.05, 0.1) is 5.56 Å². The van der Waals surface area contributed by atoms with Crippen molar-refractivity contribution in [2.45, 2.75) is 13.5 Å². The lowest BCUT2D eigenvalue weighted by Crippen LogP contribution is -2.23. The van der Waals surface area contributed by atoms with Gasteiger partial charge in [-0.3, -0.25) is 4.79 Å². The number of pyridine rings is 1. The maximum Gasteiger partial charge on any atom is 0.253 e. The van der Waals surface area contributed by atoms with Crippen LogP contribution in [0.5, 0.6) is 0 Å². The minimum atomic E-state index is -0.135. The normalized spacial score (nSPS) is 10.7. The molecule has 2 aromatic heterocycles. The number of nitrogen functional groups attached to an aromatic ring is 1. The summed E-state index contributed by atoms with van der Waals surface area (Å²) in [5.74, 6) is 0.306. The molecule has 4 nitrogen and oxygen atoms in total. The van der Waals surface area contributed by atoms with Gasteiger partial charge in [-0.25, -0.2) is 4.98 Å². The van der Waals surface area contributed by atoms with Crippen molar-refractivity contribution >= 4 is 33.8 Å². The first-order chi connectivity index (χ1) is 10.2. The highest BCUT2D eigenvalue weighted by Gasteiger charge is 2.12. The maximum atomic E-state index is 12.4. The van der Waals surface area contributed by atoms with Crippen LogP contribution in [0.2, 0.25) is 0 Å². The number of nitrogens with one attached hydrogen (secondary N) is 1. The van der Waals surface area contributed by atoms with Crippen molar-refractivity contribution < 1.29 is 4.79 Å². The molecule has 0 atom stereocenters. The van der Waals surface area contributed by atoms with E-state index in [0.29, 0.717) is 17.9 Å². The van der Waals surface area contributed by atoms with Crippen LogP contribution in [0.1, 0.15) is 21.5 Å². The number of hydrogen-bond donors (Lipinski definition) is 2. The quantitative estimate of drug-likeness (QED) is 0.780. The molecular weight excluding hydrogens is 282 g/mol. The first-order valence-electron chi connectivity index (χ1n) is 6.60. The van der Waals surface area contributed by atoms with Crippen molar-refractivity contribution in [3.05, 3.63) is 57.9 Å². The Kier molecular flexibility index (Phi) is 3.58. The van der Waals surface area contributed by atoms with Crippen molar-refractivity contribution in [1.82, 2.24) is 10.3 Å². The number of fused-ring (bicyclic) bond motifs is 1. The monoisotopic (exact) mass is 297 g/mol. The van der Waals surface area contributed by atoms with E-state index in [4.69, 9.17) is 5.73 Å². The number of carbonyl (C=O) groups excluding carboxylic acids is 1. The smallest absolute Gasteiger partial charge is 0.253 e. The molecule has 1 aromatic carbocycles. The minimum Gasteiger partial charge on any atom is -0.383 e. The number of amides is 1. The van der Waals surface area contributed by atoms with Crippen molar-refractivity contribution in [2.24, 2.45) is 0 Å². The van der Waals surface area contributed by atoms with E-state index in [-0.39, 0.29) is 5.91 Å². The van der Waals surface area contributed by atoms with E-state index in [0.717, 1.165) is 16.3 Å². The van der Waals surface area contributed by atoms with Gasteiger partial charge in [-0.05, 0) is 34.2 Å². The predicted molar refractivity (Wildman–Crippen MR) is 86.4 cm³/mol. The van der Waals surface area contributed by atoms with Crippen LogP contribution in [0.4, 0.5) is 5.82 Å². The summed E-state index contributed by atoms with van der Waals surface area (Å²) in [7, 11) is 0. The number of aromatic nitrogens is 1. The third-order valence-corrected chi connectivity index (χ3v) is 4.38. The molecule has 21 heavy (non-hydrogen) atoms. The molecular formula is C16H15N3OS. The molecule has 2 heterocycles. The molecule has 0 saturated carbocycles. The number of nitrogens with two attached hydrogens (primary N) is 1. The van der Waals surface area contributed by atoms with Crippen LogP contribution in [0, 0.1) is 6.92 Å². The van der Waals surface area contributed by atoms with Gasteiger partial charge in [0.1, 0.15) is 5.82 Å². The molecule has 0 saturated heterocycles. The van der Waals surface area contributed by atoms with Crippen LogP contribution >= 0.6 is 11.3 Å². The number of hydrogen-bond acceptors (Lipinski definition) is 4. The van der Waals surface area contributed by atoms with Crippen molar-refractivity contribution in [2.75, 3.05) is 5.73 Å². The average Bonchev–Trinajstić information content (AvgIpc) is 2.91. The zero-order valence-electron chi connectivity index (χ0n) is 11.6. The number of thiophene rings is 1. The van der Waals surface area contributed by atoms with Crippen molar-refractivity contribution in [1.29, 1.82) is 0 Å². The Labute approximate surface area is 126 Å². The summed E-state index contributed by atoms with van der Waals surface area (Å²) in [6.45, 7) is 2.56. The Bertz CT molecular complexity index is 810. The van der Waals surface area contributed by atoms with Gasteiger partial charge in [-0.2, -0.15) is 11.3 Å². The van der Waals surface area contributed by atoms with Gasteiger partial charge in [0.15, 0.2) is 0 Å². The fourth-order valence-electron chi connectivity index (χ4n) is 2.23. The van der Waals surface area contributed by atoms with Gasteiger partial charge in [0, 0.05) is 18.1 Å². The van der Waals surface area contributed by atoms with Gasteiger partial charge >= 0.3 is 0 Å². The highest BCUT2D eigenvalue weighted by molar-refractivity contribution is 7.08. The van der Waals surface area contributed by atoms with Crippen LogP contribution in [0.25, 0.3) is 10.8 Å². The summed E-state index contributed by atoms with van der Waals surface area (Å²) in [5, 5.41) is 8.69. The molecule has 0 spiro atoms. The highest BCUT2D eigenvalue weighted by Crippen LogP contribution is 2.22. The molecule has 0 bridgehead atoms. The van der Waals surface area contributed by atoms with Crippen LogP contribution in [0.15, 0.2) is 41.2 Å².